The fourth-order valence-electron chi connectivity index (χ4n) is 1.66. The van der Waals surface area contributed by atoms with Gasteiger partial charge in [0.25, 0.3) is 0 Å². The van der Waals surface area contributed by atoms with Gasteiger partial charge in [-0.3, -0.25) is 10.1 Å². The zero-order valence-corrected chi connectivity index (χ0v) is 9.85. The van der Waals surface area contributed by atoms with Crippen LogP contribution in [0.1, 0.15) is 50.2 Å². The van der Waals surface area contributed by atoms with Gasteiger partial charge in [0.2, 0.25) is 5.89 Å². The van der Waals surface area contributed by atoms with Crippen LogP contribution in [0.3, 0.4) is 0 Å². The number of hydrogen-bond acceptors (Lipinski definition) is 5. The van der Waals surface area contributed by atoms with Gasteiger partial charge >= 0.3 is 5.97 Å². The number of hydrogen-bond donors (Lipinski definition) is 2. The maximum atomic E-state index is 10.9. The fourth-order valence-corrected chi connectivity index (χ4v) is 1.66. The Morgan fingerprint density at radius 3 is 3.00 bits per heavy atom. The highest BCUT2D eigenvalue weighted by Crippen LogP contribution is 2.37. The number of rotatable bonds is 7. The van der Waals surface area contributed by atoms with Gasteiger partial charge in [0.1, 0.15) is 6.04 Å². The topological polar surface area (TPSA) is 88.3 Å². The number of aliphatic carboxylic acids is 1. The van der Waals surface area contributed by atoms with Crippen molar-refractivity contribution in [3.8, 4) is 0 Å². The summed E-state index contributed by atoms with van der Waals surface area (Å²) in [6.07, 6.45) is 3.67. The molecular weight excluding hydrogens is 222 g/mol. The highest BCUT2D eigenvalue weighted by atomic mass is 16.5. The molecule has 1 atom stereocenters. The third-order valence-electron chi connectivity index (χ3n) is 2.80. The molecule has 0 bridgehead atoms. The molecule has 1 aliphatic carbocycles. The SMILES string of the molecule is CCCC(NCc1nc(C2CC2)no1)C(=O)O. The van der Waals surface area contributed by atoms with E-state index in [4.69, 9.17) is 9.63 Å². The van der Waals surface area contributed by atoms with Crippen LogP contribution < -0.4 is 5.32 Å². The first-order valence-corrected chi connectivity index (χ1v) is 5.99. The van der Waals surface area contributed by atoms with E-state index in [-0.39, 0.29) is 0 Å². The molecule has 0 aliphatic heterocycles. The summed E-state index contributed by atoms with van der Waals surface area (Å²) in [6.45, 7) is 2.27. The van der Waals surface area contributed by atoms with Crippen LogP contribution in [0.15, 0.2) is 4.52 Å². The third-order valence-corrected chi connectivity index (χ3v) is 2.80. The Bertz CT molecular complexity index is 387. The smallest absolute Gasteiger partial charge is 0.320 e. The van der Waals surface area contributed by atoms with Crippen molar-refractivity contribution in [2.24, 2.45) is 0 Å². The average Bonchev–Trinajstić information content (AvgIpc) is 3.04. The molecule has 0 saturated heterocycles. The Balaban J connectivity index is 1.84. The van der Waals surface area contributed by atoms with Gasteiger partial charge in [-0.25, -0.2) is 0 Å². The number of nitrogens with zero attached hydrogens (tertiary/aromatic N) is 2. The molecule has 0 spiro atoms. The van der Waals surface area contributed by atoms with Crippen LogP contribution in [0.5, 0.6) is 0 Å². The molecule has 1 unspecified atom stereocenters. The Morgan fingerprint density at radius 1 is 1.65 bits per heavy atom. The minimum atomic E-state index is -0.839. The lowest BCUT2D eigenvalue weighted by molar-refractivity contribution is -0.139. The van der Waals surface area contributed by atoms with Crippen molar-refractivity contribution in [1.29, 1.82) is 0 Å². The first-order valence-electron chi connectivity index (χ1n) is 5.99. The summed E-state index contributed by atoms with van der Waals surface area (Å²) >= 11 is 0. The molecule has 0 aromatic carbocycles. The summed E-state index contributed by atoms with van der Waals surface area (Å²) in [7, 11) is 0. The number of carbonyl (C=O) groups is 1. The van der Waals surface area contributed by atoms with Crippen LogP contribution in [-0.4, -0.2) is 27.3 Å². The van der Waals surface area contributed by atoms with E-state index in [1.165, 1.54) is 0 Å². The number of nitrogens with one attached hydrogen (secondary N) is 1. The zero-order valence-electron chi connectivity index (χ0n) is 9.85. The van der Waals surface area contributed by atoms with Crippen molar-refractivity contribution in [1.82, 2.24) is 15.5 Å². The van der Waals surface area contributed by atoms with E-state index in [1.54, 1.807) is 0 Å². The van der Waals surface area contributed by atoms with Gasteiger partial charge in [0.15, 0.2) is 5.82 Å². The van der Waals surface area contributed by atoms with Gasteiger partial charge in [-0.2, -0.15) is 4.98 Å². The molecule has 6 heteroatoms. The van der Waals surface area contributed by atoms with Crippen molar-refractivity contribution in [3.63, 3.8) is 0 Å². The second kappa shape index (κ2) is 5.27. The minimum Gasteiger partial charge on any atom is -0.480 e. The predicted molar refractivity (Wildman–Crippen MR) is 59.4 cm³/mol. The Kier molecular flexibility index (Phi) is 3.73. The molecule has 1 aliphatic rings. The predicted octanol–water partition coefficient (Wildman–Crippen LogP) is 1.29. The van der Waals surface area contributed by atoms with Gasteiger partial charge in [-0.05, 0) is 19.3 Å². The number of carboxylic acid groups (broad SMARTS) is 1. The van der Waals surface area contributed by atoms with Crippen LogP contribution in [0, 0.1) is 0 Å². The van der Waals surface area contributed by atoms with E-state index in [2.05, 4.69) is 15.5 Å². The molecule has 1 saturated carbocycles. The van der Waals surface area contributed by atoms with E-state index < -0.39 is 12.0 Å². The van der Waals surface area contributed by atoms with Crippen molar-refractivity contribution in [3.05, 3.63) is 11.7 Å². The monoisotopic (exact) mass is 239 g/mol. The lowest BCUT2D eigenvalue weighted by Gasteiger charge is -2.11. The van der Waals surface area contributed by atoms with Crippen LogP contribution >= 0.6 is 0 Å². The van der Waals surface area contributed by atoms with Crippen LogP contribution in [0.25, 0.3) is 0 Å². The van der Waals surface area contributed by atoms with Crippen LogP contribution in [-0.2, 0) is 11.3 Å². The Morgan fingerprint density at radius 2 is 2.41 bits per heavy atom. The average molecular weight is 239 g/mol. The lowest BCUT2D eigenvalue weighted by Crippen LogP contribution is -2.36. The molecule has 1 aromatic heterocycles. The summed E-state index contributed by atoms with van der Waals surface area (Å²) in [5.41, 5.74) is 0. The van der Waals surface area contributed by atoms with E-state index in [0.29, 0.717) is 24.8 Å². The molecule has 0 amide bonds. The van der Waals surface area contributed by atoms with Gasteiger partial charge in [0.05, 0.1) is 6.54 Å². The van der Waals surface area contributed by atoms with E-state index in [9.17, 15) is 4.79 Å². The zero-order chi connectivity index (χ0) is 12.3. The quantitative estimate of drug-likeness (QED) is 0.745. The third kappa shape index (κ3) is 3.26. The normalized spacial score (nSPS) is 17.0. The summed E-state index contributed by atoms with van der Waals surface area (Å²) in [6, 6.07) is -0.545. The van der Waals surface area contributed by atoms with Crippen molar-refractivity contribution >= 4 is 5.97 Å². The van der Waals surface area contributed by atoms with Crippen LogP contribution in [0.2, 0.25) is 0 Å². The molecular formula is C11H17N3O3. The van der Waals surface area contributed by atoms with Gasteiger partial charge in [0, 0.05) is 5.92 Å². The summed E-state index contributed by atoms with van der Waals surface area (Å²) in [5.74, 6) is 0.839. The lowest BCUT2D eigenvalue weighted by atomic mass is 10.2. The van der Waals surface area contributed by atoms with E-state index in [0.717, 1.165) is 25.1 Å². The Labute approximate surface area is 99.4 Å². The molecule has 6 nitrogen and oxygen atoms in total. The second-order valence-corrected chi connectivity index (χ2v) is 4.38. The van der Waals surface area contributed by atoms with Crippen molar-refractivity contribution < 1.29 is 14.4 Å². The van der Waals surface area contributed by atoms with E-state index >= 15 is 0 Å². The molecule has 17 heavy (non-hydrogen) atoms. The van der Waals surface area contributed by atoms with E-state index in [1.807, 2.05) is 6.92 Å². The molecule has 2 N–H and O–H groups in total. The van der Waals surface area contributed by atoms with Crippen molar-refractivity contribution in [2.45, 2.75) is 51.1 Å². The maximum absolute atomic E-state index is 10.9. The maximum Gasteiger partial charge on any atom is 0.320 e. The summed E-state index contributed by atoms with van der Waals surface area (Å²) < 4.78 is 5.06. The largest absolute Gasteiger partial charge is 0.480 e. The molecule has 0 radical (unpaired) electrons. The fraction of sp³-hybridized carbons (Fsp3) is 0.727. The highest BCUT2D eigenvalue weighted by Gasteiger charge is 2.28. The van der Waals surface area contributed by atoms with Gasteiger partial charge in [-0.1, -0.05) is 18.5 Å². The molecule has 1 fully saturated rings. The number of carboxylic acids is 1. The highest BCUT2D eigenvalue weighted by molar-refractivity contribution is 5.73. The van der Waals surface area contributed by atoms with Crippen molar-refractivity contribution in [2.75, 3.05) is 0 Å². The molecule has 94 valence electrons. The molecule has 2 rings (SSSR count). The van der Waals surface area contributed by atoms with Crippen LogP contribution in [0.4, 0.5) is 0 Å². The minimum absolute atomic E-state index is 0.316. The van der Waals surface area contributed by atoms with Gasteiger partial charge in [-0.15, -0.1) is 0 Å². The molecule has 1 heterocycles. The first kappa shape index (κ1) is 12.0. The summed E-state index contributed by atoms with van der Waals surface area (Å²) in [5, 5.41) is 15.7. The molecule has 1 aromatic rings. The standard InChI is InChI=1S/C11H17N3O3/c1-2-3-8(11(15)16)12-6-9-13-10(14-17-9)7-4-5-7/h7-8,12H,2-6H2,1H3,(H,15,16). The van der Waals surface area contributed by atoms with Gasteiger partial charge < -0.3 is 9.63 Å². The Hall–Kier alpha value is -1.43. The second-order valence-electron chi connectivity index (χ2n) is 4.38. The number of aromatic nitrogens is 2. The summed E-state index contributed by atoms with van der Waals surface area (Å²) in [4.78, 5) is 15.1. The first-order chi connectivity index (χ1) is 8.20.